The predicted molar refractivity (Wildman–Crippen MR) is 112 cm³/mol. The van der Waals surface area contributed by atoms with E-state index >= 15 is 0 Å². The number of cyclic esters (lactones) is 1. The van der Waals surface area contributed by atoms with Gasteiger partial charge in [-0.3, -0.25) is 4.90 Å². The van der Waals surface area contributed by atoms with Crippen molar-refractivity contribution < 1.29 is 14.6 Å². The van der Waals surface area contributed by atoms with Crippen LogP contribution in [0.5, 0.6) is 0 Å². The van der Waals surface area contributed by atoms with Crippen molar-refractivity contribution in [2.24, 2.45) is 0 Å². The molecule has 6 heteroatoms. The molecule has 2 heterocycles. The first-order valence-corrected chi connectivity index (χ1v) is 9.90. The quantitative estimate of drug-likeness (QED) is 0.634. The van der Waals surface area contributed by atoms with Gasteiger partial charge in [-0.1, -0.05) is 47.9 Å². The molecule has 3 N–H and O–H groups in total. The maximum atomic E-state index is 12.9. The topological polar surface area (TPSA) is 75.8 Å². The van der Waals surface area contributed by atoms with Gasteiger partial charge >= 0.3 is 6.09 Å². The number of hydrogen-bond donors (Lipinski definition) is 2. The van der Waals surface area contributed by atoms with E-state index in [9.17, 15) is 9.90 Å². The van der Waals surface area contributed by atoms with Gasteiger partial charge in [0.25, 0.3) is 0 Å². The molecule has 0 saturated carbocycles. The average molecular weight is 378 g/mol. The number of nitrogen functional groups attached to an aromatic ring is 1. The summed E-state index contributed by atoms with van der Waals surface area (Å²) in [7, 11) is 2.00. The van der Waals surface area contributed by atoms with Crippen LogP contribution in [0, 0.1) is 0 Å². The fraction of sp³-hybridized carbons (Fsp3) is 0.409. The van der Waals surface area contributed by atoms with Gasteiger partial charge in [0, 0.05) is 17.6 Å². The summed E-state index contributed by atoms with van der Waals surface area (Å²) in [6, 6.07) is 15.3. The normalized spacial score (nSPS) is 27.2. The Morgan fingerprint density at radius 3 is 2.61 bits per heavy atom. The molecule has 2 aliphatic heterocycles. The van der Waals surface area contributed by atoms with Crippen molar-refractivity contribution in [2.45, 2.75) is 56.4 Å². The first kappa shape index (κ1) is 18.9. The number of ether oxygens (including phenoxy) is 1. The Labute approximate surface area is 166 Å². The summed E-state index contributed by atoms with van der Waals surface area (Å²) >= 11 is 0. The highest BCUT2D eigenvalue weighted by atomic mass is 16.6. The summed E-state index contributed by atoms with van der Waals surface area (Å²) in [6.07, 6.45) is 0.516. The third-order valence-corrected chi connectivity index (χ3v) is 6.33. The Morgan fingerprint density at radius 2 is 1.93 bits per heavy atom. The molecular weight excluding hydrogens is 351 g/mol. The number of anilines is 1. The van der Waals surface area contributed by atoms with Crippen LogP contribution in [-0.2, 0) is 4.74 Å². The number of amides is 1. The Kier molecular flexibility index (Phi) is 4.62. The highest BCUT2D eigenvalue weighted by Crippen LogP contribution is 2.48. The first-order valence-electron chi connectivity index (χ1n) is 9.90. The van der Waals surface area contributed by atoms with Crippen LogP contribution in [0.1, 0.15) is 49.8 Å². The van der Waals surface area contributed by atoms with Crippen LogP contribution in [0.25, 0.3) is 0 Å². The van der Waals surface area contributed by atoms with E-state index in [1.54, 1.807) is 4.90 Å². The molecule has 5 nitrogen and oxygen atoms in total. The lowest BCUT2D eigenvalue weighted by atomic mass is 9.75. The van der Waals surface area contributed by atoms with E-state index in [0.717, 1.165) is 35.1 Å². The monoisotopic (exact) mass is 378 g/mol. The molecule has 0 bridgehead atoms. The third-order valence-electron chi connectivity index (χ3n) is 6.33. The van der Waals surface area contributed by atoms with Gasteiger partial charge in [0.05, 0.1) is 12.1 Å². The molecule has 0 radical (unpaired) electrons. The van der Waals surface area contributed by atoms with Crippen molar-refractivity contribution in [3.8, 4) is 0 Å². The standard InChI is InChI=1S/C22H27BN2O3/c1-22(2)19(14-8-9-16(24)15(23)12-14)17-10-11-18(25(17)21(27)28-22)20(26)13-6-4-3-5-7-13/h3-9,12,17-20,26H,10-11,23-24H2,1-2H3/t17-,18+,19?,20+/m0/s1. The molecule has 4 rings (SSSR count). The van der Waals surface area contributed by atoms with E-state index in [0.29, 0.717) is 0 Å². The van der Waals surface area contributed by atoms with Gasteiger partial charge in [0.1, 0.15) is 13.4 Å². The highest BCUT2D eigenvalue weighted by Gasteiger charge is 2.55. The van der Waals surface area contributed by atoms with E-state index in [-0.39, 0.29) is 24.1 Å². The van der Waals surface area contributed by atoms with Crippen LogP contribution in [0.15, 0.2) is 48.5 Å². The first-order chi connectivity index (χ1) is 13.3. The number of carbonyl (C=O) groups is 1. The minimum absolute atomic E-state index is 0.0114. The van der Waals surface area contributed by atoms with Crippen molar-refractivity contribution >= 4 is 25.1 Å². The van der Waals surface area contributed by atoms with Gasteiger partial charge in [-0.25, -0.2) is 4.79 Å². The van der Waals surface area contributed by atoms with E-state index in [1.165, 1.54) is 0 Å². The molecule has 2 fully saturated rings. The van der Waals surface area contributed by atoms with Gasteiger partial charge in [-0.2, -0.15) is 0 Å². The lowest BCUT2D eigenvalue weighted by Crippen LogP contribution is -2.58. The van der Waals surface area contributed by atoms with Crippen LogP contribution < -0.4 is 11.2 Å². The molecule has 1 unspecified atom stereocenters. The summed E-state index contributed by atoms with van der Waals surface area (Å²) in [5, 5.41) is 11.0. The molecule has 2 aromatic carbocycles. The van der Waals surface area contributed by atoms with Gasteiger partial charge in [0.2, 0.25) is 0 Å². The van der Waals surface area contributed by atoms with Crippen molar-refractivity contribution in [1.82, 2.24) is 4.90 Å². The van der Waals surface area contributed by atoms with Crippen LogP contribution in [0.4, 0.5) is 10.5 Å². The van der Waals surface area contributed by atoms with Crippen LogP contribution in [0.2, 0.25) is 0 Å². The Hall–Kier alpha value is -2.47. The number of aliphatic hydroxyl groups excluding tert-OH is 1. The van der Waals surface area contributed by atoms with E-state index in [2.05, 4.69) is 6.07 Å². The van der Waals surface area contributed by atoms with Crippen molar-refractivity contribution in [1.29, 1.82) is 0 Å². The number of aliphatic hydroxyl groups is 1. The molecule has 4 atom stereocenters. The fourth-order valence-corrected chi connectivity index (χ4v) is 4.97. The van der Waals surface area contributed by atoms with Crippen molar-refractivity contribution in [3.63, 3.8) is 0 Å². The number of nitrogens with two attached hydrogens (primary N) is 1. The van der Waals surface area contributed by atoms with Gasteiger partial charge in [-0.15, -0.1) is 0 Å². The molecule has 2 aromatic rings. The molecule has 28 heavy (non-hydrogen) atoms. The van der Waals surface area contributed by atoms with Crippen molar-refractivity contribution in [2.75, 3.05) is 5.73 Å². The zero-order valence-corrected chi connectivity index (χ0v) is 16.6. The second-order valence-corrected chi connectivity index (χ2v) is 8.54. The molecule has 2 saturated heterocycles. The van der Waals surface area contributed by atoms with E-state index < -0.39 is 11.7 Å². The maximum Gasteiger partial charge on any atom is 0.410 e. The van der Waals surface area contributed by atoms with Gasteiger partial charge < -0.3 is 15.6 Å². The minimum atomic E-state index is -0.728. The number of benzene rings is 2. The second-order valence-electron chi connectivity index (χ2n) is 8.54. The van der Waals surface area contributed by atoms with Crippen LogP contribution >= 0.6 is 0 Å². The van der Waals surface area contributed by atoms with Gasteiger partial charge in [0.15, 0.2) is 0 Å². The lowest BCUT2D eigenvalue weighted by Gasteiger charge is -2.48. The highest BCUT2D eigenvalue weighted by molar-refractivity contribution is 6.35. The van der Waals surface area contributed by atoms with Gasteiger partial charge in [-0.05, 0) is 43.9 Å². The Morgan fingerprint density at radius 1 is 1.21 bits per heavy atom. The number of carbonyl (C=O) groups excluding carboxylic acids is 1. The fourth-order valence-electron chi connectivity index (χ4n) is 4.97. The molecule has 0 aromatic heterocycles. The maximum absolute atomic E-state index is 12.9. The zero-order valence-electron chi connectivity index (χ0n) is 16.6. The minimum Gasteiger partial charge on any atom is -0.443 e. The third kappa shape index (κ3) is 3.06. The molecule has 1 amide bonds. The Balaban J connectivity index is 1.70. The van der Waals surface area contributed by atoms with E-state index in [4.69, 9.17) is 10.5 Å². The number of fused-ring (bicyclic) bond motifs is 1. The average Bonchev–Trinajstić information content (AvgIpc) is 3.09. The van der Waals surface area contributed by atoms with E-state index in [1.807, 2.05) is 64.2 Å². The summed E-state index contributed by atoms with van der Waals surface area (Å²) in [4.78, 5) is 14.7. The summed E-state index contributed by atoms with van der Waals surface area (Å²) in [5.74, 6) is 0.0115. The number of rotatable bonds is 3. The predicted octanol–water partition coefficient (Wildman–Crippen LogP) is 2.11. The van der Waals surface area contributed by atoms with Crippen LogP contribution in [-0.4, -0.2) is 41.6 Å². The molecule has 0 aliphatic carbocycles. The number of nitrogens with zero attached hydrogens (tertiary/aromatic N) is 1. The van der Waals surface area contributed by atoms with Crippen LogP contribution in [0.3, 0.4) is 0 Å². The molecule has 2 aliphatic rings. The SMILES string of the molecule is Bc1cc(C2[C@@H]3CC[C@H]([C@H](O)c4ccccc4)N3C(=O)OC2(C)C)ccc1N. The zero-order chi connectivity index (χ0) is 20.1. The summed E-state index contributed by atoms with van der Waals surface area (Å²) < 4.78 is 5.89. The summed E-state index contributed by atoms with van der Waals surface area (Å²) in [5.41, 5.74) is 9.11. The number of hydrogen-bond acceptors (Lipinski definition) is 4. The Bertz CT molecular complexity index is 887. The van der Waals surface area contributed by atoms with Crippen molar-refractivity contribution in [3.05, 3.63) is 59.7 Å². The summed E-state index contributed by atoms with van der Waals surface area (Å²) in [6.45, 7) is 3.94. The second kappa shape index (κ2) is 6.85. The molecular formula is C22H27BN2O3. The smallest absolute Gasteiger partial charge is 0.410 e. The lowest BCUT2D eigenvalue weighted by molar-refractivity contribution is -0.0751. The largest absolute Gasteiger partial charge is 0.443 e. The molecule has 0 spiro atoms. The molecule has 146 valence electrons.